The number of fused-ring (bicyclic) bond motifs is 1. The third-order valence-electron chi connectivity index (χ3n) is 7.02. The predicted molar refractivity (Wildman–Crippen MR) is 125 cm³/mol. The van der Waals surface area contributed by atoms with Gasteiger partial charge in [-0.2, -0.15) is 5.26 Å². The summed E-state index contributed by atoms with van der Waals surface area (Å²) < 4.78 is 0. The van der Waals surface area contributed by atoms with Gasteiger partial charge in [0, 0.05) is 31.1 Å². The smallest absolute Gasteiger partial charge is 0.256 e. The Hall–Kier alpha value is -3.49. The molecule has 1 amide bonds. The van der Waals surface area contributed by atoms with Crippen molar-refractivity contribution in [3.63, 3.8) is 0 Å². The topological polar surface area (TPSA) is 68.5 Å². The summed E-state index contributed by atoms with van der Waals surface area (Å²) in [7, 11) is 0. The maximum atomic E-state index is 13.1. The van der Waals surface area contributed by atoms with E-state index >= 15 is 0 Å². The fourth-order valence-corrected chi connectivity index (χ4v) is 4.80. The predicted octanol–water partition coefficient (Wildman–Crippen LogP) is 4.03. The first-order valence-electron chi connectivity index (χ1n) is 11.2. The molecule has 2 fully saturated rings. The van der Waals surface area contributed by atoms with E-state index in [4.69, 9.17) is 10.3 Å². The molecule has 1 N–H and O–H groups in total. The Labute approximate surface area is 187 Å². The van der Waals surface area contributed by atoms with E-state index in [1.165, 1.54) is 0 Å². The maximum absolute atomic E-state index is 13.1. The monoisotopic (exact) mass is 420 g/mol. The van der Waals surface area contributed by atoms with Crippen molar-refractivity contribution in [3.8, 4) is 17.2 Å². The van der Waals surface area contributed by atoms with Crippen LogP contribution in [0.4, 0.5) is 0 Å². The highest BCUT2D eigenvalue weighted by atomic mass is 16.2. The van der Waals surface area contributed by atoms with Crippen molar-refractivity contribution in [1.82, 2.24) is 10.2 Å². The second kappa shape index (κ2) is 7.01. The lowest BCUT2D eigenvalue weighted by atomic mass is 9.96. The van der Waals surface area contributed by atoms with E-state index in [2.05, 4.69) is 54.7 Å². The fourth-order valence-electron chi connectivity index (χ4n) is 4.80. The van der Waals surface area contributed by atoms with Crippen molar-refractivity contribution in [2.75, 3.05) is 19.6 Å². The van der Waals surface area contributed by atoms with Crippen molar-refractivity contribution >= 4 is 22.5 Å². The van der Waals surface area contributed by atoms with Gasteiger partial charge in [0.1, 0.15) is 11.4 Å². The van der Waals surface area contributed by atoms with E-state index in [0.717, 1.165) is 71.3 Å². The van der Waals surface area contributed by atoms with Crippen molar-refractivity contribution in [2.24, 2.45) is 10.9 Å². The van der Waals surface area contributed by atoms with Gasteiger partial charge in [0.25, 0.3) is 5.91 Å². The van der Waals surface area contributed by atoms with Crippen LogP contribution in [-0.2, 0) is 4.79 Å². The highest BCUT2D eigenvalue weighted by molar-refractivity contribution is 6.17. The first-order chi connectivity index (χ1) is 15.6. The van der Waals surface area contributed by atoms with E-state index in [0.29, 0.717) is 11.5 Å². The summed E-state index contributed by atoms with van der Waals surface area (Å²) in [5, 5.41) is 14.6. The molecule has 158 valence electrons. The molecule has 0 radical (unpaired) electrons. The Morgan fingerprint density at radius 2 is 1.78 bits per heavy atom. The lowest BCUT2D eigenvalue weighted by Crippen LogP contribution is -2.50. The summed E-state index contributed by atoms with van der Waals surface area (Å²) in [5.74, 6) is 1.55. The average Bonchev–Trinajstić information content (AvgIpc) is 3.51. The molecule has 0 atom stereocenters. The zero-order valence-corrected chi connectivity index (χ0v) is 18.1. The molecule has 0 unspecified atom stereocenters. The van der Waals surface area contributed by atoms with Crippen LogP contribution >= 0.6 is 0 Å². The van der Waals surface area contributed by atoms with Crippen LogP contribution in [0.1, 0.15) is 29.5 Å². The van der Waals surface area contributed by atoms with Gasteiger partial charge in [0.15, 0.2) is 0 Å². The molecular weight excluding hydrogens is 396 g/mol. The average molecular weight is 421 g/mol. The second-order valence-electron chi connectivity index (χ2n) is 9.33. The first-order valence-corrected chi connectivity index (χ1v) is 11.2. The normalized spacial score (nSPS) is 19.2. The van der Waals surface area contributed by atoms with E-state index in [9.17, 15) is 4.79 Å². The molecule has 5 nitrogen and oxygen atoms in total. The van der Waals surface area contributed by atoms with Gasteiger partial charge in [-0.05, 0) is 65.4 Å². The highest BCUT2D eigenvalue weighted by Gasteiger charge is 2.57. The minimum absolute atomic E-state index is 0.189. The van der Waals surface area contributed by atoms with Crippen LogP contribution < -0.4 is 5.32 Å². The summed E-state index contributed by atoms with van der Waals surface area (Å²) in [6.45, 7) is 4.80. The van der Waals surface area contributed by atoms with Crippen molar-refractivity contribution in [1.29, 1.82) is 5.26 Å². The van der Waals surface area contributed by atoms with E-state index in [-0.39, 0.29) is 5.91 Å². The molecule has 0 bridgehead atoms. The third kappa shape index (κ3) is 3.03. The summed E-state index contributed by atoms with van der Waals surface area (Å²) in [4.78, 5) is 20.0. The van der Waals surface area contributed by atoms with Gasteiger partial charge in [0.05, 0.1) is 11.6 Å². The lowest BCUT2D eigenvalue weighted by molar-refractivity contribution is -0.128. The SMILES string of the molecule is Cc1cc(-c2ccc3cc(C#N)ccc3c2)ccc1C1=NC2(CC2)C(=O)N1CC1CNC1. The molecule has 1 saturated heterocycles. The maximum Gasteiger partial charge on any atom is 0.256 e. The van der Waals surface area contributed by atoms with Crippen LogP contribution in [-0.4, -0.2) is 41.8 Å². The minimum atomic E-state index is -0.474. The minimum Gasteiger partial charge on any atom is -0.316 e. The molecule has 3 aliphatic rings. The Kier molecular flexibility index (Phi) is 4.21. The molecule has 2 heterocycles. The molecule has 6 rings (SSSR count). The molecule has 5 heteroatoms. The molecule has 2 aliphatic heterocycles. The largest absolute Gasteiger partial charge is 0.316 e. The lowest BCUT2D eigenvalue weighted by Gasteiger charge is -2.32. The Balaban J connectivity index is 1.34. The van der Waals surface area contributed by atoms with Gasteiger partial charge in [0.2, 0.25) is 0 Å². The zero-order chi connectivity index (χ0) is 21.9. The third-order valence-corrected chi connectivity index (χ3v) is 7.02. The number of benzene rings is 3. The van der Waals surface area contributed by atoms with Crippen molar-refractivity contribution in [2.45, 2.75) is 25.3 Å². The van der Waals surface area contributed by atoms with Gasteiger partial charge in [-0.15, -0.1) is 0 Å². The van der Waals surface area contributed by atoms with Crippen LogP contribution in [0.15, 0.2) is 59.6 Å². The van der Waals surface area contributed by atoms with Crippen LogP contribution in [0.5, 0.6) is 0 Å². The number of hydrogen-bond donors (Lipinski definition) is 1. The number of nitrogens with zero attached hydrogens (tertiary/aromatic N) is 3. The number of amidine groups is 1. The number of nitriles is 1. The Morgan fingerprint density at radius 1 is 1.06 bits per heavy atom. The van der Waals surface area contributed by atoms with Crippen LogP contribution in [0.2, 0.25) is 0 Å². The number of amides is 1. The van der Waals surface area contributed by atoms with Crippen molar-refractivity contribution < 1.29 is 4.79 Å². The number of aryl methyl sites for hydroxylation is 1. The summed E-state index contributed by atoms with van der Waals surface area (Å²) in [6.07, 6.45) is 1.74. The molecule has 32 heavy (non-hydrogen) atoms. The standard InChI is InChI=1S/C27H24N4O/c1-17-10-20(23-5-4-21-11-18(13-28)2-3-22(21)12-23)6-7-24(17)25-30-27(8-9-27)26(32)31(25)16-19-14-29-15-19/h2-7,10-12,19,29H,8-9,14-16H2,1H3. The molecule has 3 aromatic carbocycles. The summed E-state index contributed by atoms with van der Waals surface area (Å²) in [6, 6.07) is 20.7. The van der Waals surface area contributed by atoms with Gasteiger partial charge in [-0.3, -0.25) is 14.7 Å². The Morgan fingerprint density at radius 3 is 2.47 bits per heavy atom. The van der Waals surface area contributed by atoms with Crippen LogP contribution in [0.3, 0.4) is 0 Å². The van der Waals surface area contributed by atoms with E-state index < -0.39 is 5.54 Å². The molecule has 1 saturated carbocycles. The summed E-state index contributed by atoms with van der Waals surface area (Å²) in [5.41, 5.74) is 4.66. The van der Waals surface area contributed by atoms with Gasteiger partial charge in [-0.1, -0.05) is 36.4 Å². The number of hydrogen-bond acceptors (Lipinski definition) is 4. The van der Waals surface area contributed by atoms with Gasteiger partial charge < -0.3 is 5.32 Å². The number of aliphatic imine (C=N–C) groups is 1. The fraction of sp³-hybridized carbons (Fsp3) is 0.296. The van der Waals surface area contributed by atoms with Crippen LogP contribution in [0, 0.1) is 24.2 Å². The first kappa shape index (κ1) is 19.2. The number of carbonyl (C=O) groups excluding carboxylic acids is 1. The molecule has 1 aliphatic carbocycles. The summed E-state index contributed by atoms with van der Waals surface area (Å²) >= 11 is 0. The Bertz CT molecular complexity index is 1340. The van der Waals surface area contributed by atoms with Gasteiger partial charge in [-0.25, -0.2) is 0 Å². The number of nitrogens with one attached hydrogen (secondary N) is 1. The molecule has 3 aromatic rings. The number of rotatable bonds is 4. The van der Waals surface area contributed by atoms with E-state index in [1.54, 1.807) is 0 Å². The molecular formula is C27H24N4O. The van der Waals surface area contributed by atoms with Crippen molar-refractivity contribution in [3.05, 3.63) is 71.3 Å². The highest BCUT2D eigenvalue weighted by Crippen LogP contribution is 2.46. The molecule has 0 aromatic heterocycles. The second-order valence-corrected chi connectivity index (χ2v) is 9.33. The quantitative estimate of drug-likeness (QED) is 0.693. The molecule has 1 spiro atoms. The zero-order valence-electron chi connectivity index (χ0n) is 18.1. The van der Waals surface area contributed by atoms with Crippen LogP contribution in [0.25, 0.3) is 21.9 Å². The van der Waals surface area contributed by atoms with E-state index in [1.807, 2.05) is 23.1 Å². The number of carbonyl (C=O) groups is 1. The van der Waals surface area contributed by atoms with Gasteiger partial charge >= 0.3 is 0 Å².